The number of allylic oxidation sites excluding steroid dienone is 4. The maximum atomic E-state index is 13.4. The summed E-state index contributed by atoms with van der Waals surface area (Å²) in [5, 5.41) is 66.1. The molecule has 0 saturated heterocycles. The molecular weight excluding hydrogens is 904 g/mol. The summed E-state index contributed by atoms with van der Waals surface area (Å²) in [4.78, 5) is 23.4. The second-order valence-corrected chi connectivity index (χ2v) is 14.0. The van der Waals surface area contributed by atoms with E-state index < -0.39 is 87.1 Å². The maximum Gasteiger partial charge on any atom is 2.00 e. The van der Waals surface area contributed by atoms with Crippen LogP contribution < -0.4 is 43.6 Å². The van der Waals surface area contributed by atoms with Gasteiger partial charge in [-0.2, -0.15) is 37.3 Å². The Morgan fingerprint density at radius 3 is 1.79 bits per heavy atom. The summed E-state index contributed by atoms with van der Waals surface area (Å²) in [5.74, 6) is -4.58. The van der Waals surface area contributed by atoms with Gasteiger partial charge in [-0.1, -0.05) is 53.3 Å². The first-order valence-corrected chi connectivity index (χ1v) is 17.9. The molecule has 4 aromatic carbocycles. The topological polar surface area (TPSA) is 379 Å². The van der Waals surface area contributed by atoms with Crippen molar-refractivity contribution >= 4 is 72.1 Å². The van der Waals surface area contributed by atoms with Crippen LogP contribution in [0.5, 0.6) is 17.2 Å². The van der Waals surface area contributed by atoms with Gasteiger partial charge in [-0.3, -0.25) is 29.5 Å². The van der Waals surface area contributed by atoms with Crippen LogP contribution >= 0.6 is 0 Å². The molecule has 0 atom stereocenters. The van der Waals surface area contributed by atoms with Crippen LogP contribution in [0.2, 0.25) is 0 Å². The third-order valence-electron chi connectivity index (χ3n) is 7.63. The molecule has 0 spiro atoms. The molecule has 0 bridgehead atoms. The largest absolute Gasteiger partial charge is 2.00 e. The molecule has 0 unspecified atom stereocenters. The molecule has 0 fully saturated rings. The Morgan fingerprint density at radius 2 is 1.21 bits per heavy atom. The number of ketones is 2. The molecule has 0 amide bonds. The van der Waals surface area contributed by atoms with E-state index in [1.54, 1.807) is 0 Å². The third-order valence-corrected chi connectivity index (χ3v) is 9.40. The van der Waals surface area contributed by atoms with Crippen molar-refractivity contribution in [1.29, 1.82) is 0 Å². The SMILES string of the molecule is N.N.O=C1C=C/C(=N/Nc2ccc(-c3ccc(N=Nc4cc(S(=O)(=O)O)c5c(c4[O-])C(=O)C(=NNc4ccc(S(=O)(=O)O)cc4)C=C5)c([O-])c3)cc2[O-])C([O-])=C1.[Cu+2].[Cu+2]. The van der Waals surface area contributed by atoms with Gasteiger partial charge in [-0.25, -0.2) is 0 Å². The van der Waals surface area contributed by atoms with E-state index in [2.05, 4.69) is 31.3 Å². The zero-order valence-electron chi connectivity index (χ0n) is 28.8. The van der Waals surface area contributed by atoms with E-state index in [1.807, 2.05) is 0 Å². The summed E-state index contributed by atoms with van der Waals surface area (Å²) in [6, 6.07) is 13.0. The fourth-order valence-corrected chi connectivity index (χ4v) is 6.17. The summed E-state index contributed by atoms with van der Waals surface area (Å²) in [6.07, 6.45) is 5.32. The van der Waals surface area contributed by atoms with Crippen LogP contribution in [-0.4, -0.2) is 48.9 Å². The molecule has 308 valence electrons. The summed E-state index contributed by atoms with van der Waals surface area (Å²) in [5.41, 5.74) is 3.01. The number of anilines is 2. The molecule has 0 aliphatic heterocycles. The van der Waals surface area contributed by atoms with Crippen molar-refractivity contribution in [1.82, 2.24) is 12.3 Å². The van der Waals surface area contributed by atoms with E-state index in [0.717, 1.165) is 42.5 Å². The second kappa shape index (κ2) is 18.9. The van der Waals surface area contributed by atoms with Gasteiger partial charge in [-0.05, 0) is 77.9 Å². The number of hydrogen-bond acceptors (Lipinski definition) is 18. The van der Waals surface area contributed by atoms with Crippen molar-refractivity contribution in [3.8, 4) is 28.4 Å². The smallest absolute Gasteiger partial charge is 0.871 e. The van der Waals surface area contributed by atoms with E-state index in [4.69, 9.17) is 4.55 Å². The molecule has 0 saturated carbocycles. The molecule has 58 heavy (non-hydrogen) atoms. The van der Waals surface area contributed by atoms with Gasteiger partial charge >= 0.3 is 34.1 Å². The number of rotatable bonds is 9. The summed E-state index contributed by atoms with van der Waals surface area (Å²) in [7, 11) is -9.51. The van der Waals surface area contributed by atoms with Gasteiger partial charge in [-0.15, -0.1) is 0 Å². The number of Topliss-reactive ketones (excluding diaryl/α,β-unsaturated/α-hetero) is 1. The summed E-state index contributed by atoms with van der Waals surface area (Å²) >= 11 is 0. The van der Waals surface area contributed by atoms with Crippen LogP contribution in [0, 0.1) is 0 Å². The number of hydrogen-bond donors (Lipinski definition) is 6. The standard InChI is InChI=1S/C34H24N6O12S2.2Cu.2H3N/c41-20-5-11-25(30(44)15-20)37-36-23-9-1-17(13-28(23)42)18-2-10-24(29(43)14-18)38-40-27-16-31(54(50,51)52)22-8-12-26(33(45)32(22)34(27)46)39-35-19-3-6-21(7-4-19)53(47,48)49;;;;/h1-16,35-36,42-44,46H,(H,47,48,49)(H,50,51,52);;;2*1H3/q;2*+2;;/p-4/b37-25-,39-26?,40-38?;;;;. The van der Waals surface area contributed by atoms with Crippen LogP contribution in [0.1, 0.15) is 15.9 Å². The van der Waals surface area contributed by atoms with Crippen molar-refractivity contribution in [3.05, 3.63) is 108 Å². The fraction of sp³-hybridized carbons (Fsp3) is 0. The average molecular weight is 930 g/mol. The van der Waals surface area contributed by atoms with Gasteiger partial charge in [0.05, 0.1) is 27.7 Å². The van der Waals surface area contributed by atoms with Crippen LogP contribution in [-0.2, 0) is 59.2 Å². The van der Waals surface area contributed by atoms with Gasteiger partial charge in [0.1, 0.15) is 10.6 Å². The molecule has 6 rings (SSSR count). The van der Waals surface area contributed by atoms with Gasteiger partial charge in [0.25, 0.3) is 20.2 Å². The van der Waals surface area contributed by atoms with Crippen molar-refractivity contribution < 1.29 is 90.1 Å². The molecule has 2 radical (unpaired) electrons. The molecule has 24 heteroatoms. The Balaban J connectivity index is 0.00000290. The van der Waals surface area contributed by atoms with E-state index >= 15 is 0 Å². The molecule has 0 aromatic heterocycles. The van der Waals surface area contributed by atoms with Crippen molar-refractivity contribution in [2.24, 2.45) is 20.4 Å². The van der Waals surface area contributed by atoms with Gasteiger partial charge in [0.15, 0.2) is 5.78 Å². The summed E-state index contributed by atoms with van der Waals surface area (Å²) in [6.45, 7) is 0. The van der Waals surface area contributed by atoms with Gasteiger partial charge < -0.3 is 32.7 Å². The molecule has 0 heterocycles. The van der Waals surface area contributed by atoms with Crippen LogP contribution in [0.15, 0.2) is 127 Å². The molecule has 4 aromatic rings. The Labute approximate surface area is 350 Å². The zero-order chi connectivity index (χ0) is 38.9. The van der Waals surface area contributed by atoms with Crippen LogP contribution in [0.4, 0.5) is 22.7 Å². The number of carbonyl (C=O) groups is 2. The van der Waals surface area contributed by atoms with E-state index in [-0.39, 0.29) is 74.8 Å². The minimum absolute atomic E-state index is 0. The third kappa shape index (κ3) is 10.5. The minimum Gasteiger partial charge on any atom is -0.871 e. The minimum atomic E-state index is -5.04. The predicted molar refractivity (Wildman–Crippen MR) is 195 cm³/mol. The first-order valence-electron chi connectivity index (χ1n) is 15.0. The second-order valence-electron chi connectivity index (χ2n) is 11.2. The number of nitrogens with zero attached hydrogens (tertiary/aromatic N) is 4. The van der Waals surface area contributed by atoms with Gasteiger partial charge in [0, 0.05) is 16.8 Å². The van der Waals surface area contributed by atoms with E-state index in [0.29, 0.717) is 11.6 Å². The zero-order valence-corrected chi connectivity index (χ0v) is 32.4. The Hall–Kier alpha value is -6.04. The monoisotopic (exact) mass is 928 g/mol. The van der Waals surface area contributed by atoms with E-state index in [9.17, 15) is 51.4 Å². The van der Waals surface area contributed by atoms with Crippen LogP contribution in [0.3, 0.4) is 0 Å². The van der Waals surface area contributed by atoms with Crippen LogP contribution in [0.25, 0.3) is 17.2 Å². The number of nitrogens with one attached hydrogen (secondary N) is 2. The number of benzene rings is 4. The molecular formula is C34H26Cu2N8O12S2. The van der Waals surface area contributed by atoms with Crippen molar-refractivity contribution in [2.45, 2.75) is 9.79 Å². The number of hydrazone groups is 2. The van der Waals surface area contributed by atoms with Crippen molar-refractivity contribution in [3.63, 3.8) is 0 Å². The number of azo groups is 1. The average Bonchev–Trinajstić information content (AvgIpc) is 3.10. The Bertz CT molecular complexity index is 2700. The summed E-state index contributed by atoms with van der Waals surface area (Å²) < 4.78 is 66.1. The Kier molecular flexibility index (Phi) is 15.7. The van der Waals surface area contributed by atoms with E-state index in [1.165, 1.54) is 48.5 Å². The molecule has 2 aliphatic rings. The fourth-order valence-electron chi connectivity index (χ4n) is 4.99. The predicted octanol–water partition coefficient (Wildman–Crippen LogP) is 2.63. The van der Waals surface area contributed by atoms with Gasteiger partial charge in [0.2, 0.25) is 5.78 Å². The molecule has 20 nitrogen and oxygen atoms in total. The Morgan fingerprint density at radius 1 is 0.621 bits per heavy atom. The number of fused-ring (bicyclic) bond motifs is 1. The molecule has 2 aliphatic carbocycles. The number of carbonyl (C=O) groups excluding carboxylic acids is 2. The maximum absolute atomic E-state index is 13.4. The normalized spacial score (nSPS) is 14.8. The quantitative estimate of drug-likeness (QED) is 0.0462. The first-order chi connectivity index (χ1) is 25.5. The molecule has 10 N–H and O–H groups in total. The van der Waals surface area contributed by atoms with Crippen molar-refractivity contribution in [2.75, 3.05) is 10.9 Å². The first kappa shape index (κ1) is 48.1.